The first-order valence-corrected chi connectivity index (χ1v) is 11.1. The third-order valence-electron chi connectivity index (χ3n) is 6.11. The predicted octanol–water partition coefficient (Wildman–Crippen LogP) is 3.86. The molecule has 0 radical (unpaired) electrons. The number of hydrogen-bond donors (Lipinski definition) is 0. The number of imide groups is 1. The van der Waals surface area contributed by atoms with E-state index in [1.807, 2.05) is 0 Å². The van der Waals surface area contributed by atoms with Crippen LogP contribution in [-0.2, 0) is 14.4 Å². The third kappa shape index (κ3) is 4.79. The molecule has 0 bridgehead atoms. The van der Waals surface area contributed by atoms with Gasteiger partial charge in [0.15, 0.2) is 0 Å². The van der Waals surface area contributed by atoms with Crippen LogP contribution in [0.3, 0.4) is 0 Å². The smallest absolute Gasteiger partial charge is 0.308 e. The van der Waals surface area contributed by atoms with Gasteiger partial charge in [0.05, 0.1) is 12.1 Å². The maximum absolute atomic E-state index is 13.5. The van der Waals surface area contributed by atoms with Crippen molar-refractivity contribution in [3.63, 3.8) is 0 Å². The summed E-state index contributed by atoms with van der Waals surface area (Å²) in [5, 5.41) is 0. The van der Waals surface area contributed by atoms with Gasteiger partial charge in [-0.15, -0.1) is 0 Å². The zero-order valence-electron chi connectivity index (χ0n) is 18.3. The zero-order chi connectivity index (χ0) is 23.5. The molecule has 8 heteroatoms. The van der Waals surface area contributed by atoms with Crippen LogP contribution in [0.4, 0.5) is 10.1 Å². The minimum Gasteiger partial charge on any atom is -0.427 e. The Balaban J connectivity index is 1.62. The quantitative estimate of drug-likeness (QED) is 0.391. The Labute approximate surface area is 191 Å². The van der Waals surface area contributed by atoms with Crippen molar-refractivity contribution in [2.75, 3.05) is 4.90 Å². The second-order valence-corrected chi connectivity index (χ2v) is 8.39. The second kappa shape index (κ2) is 9.52. The lowest BCUT2D eigenvalue weighted by Gasteiger charge is -2.37. The maximum Gasteiger partial charge on any atom is 0.308 e. The number of halogens is 1. The Morgan fingerprint density at radius 1 is 0.970 bits per heavy atom. The summed E-state index contributed by atoms with van der Waals surface area (Å²) in [6.45, 7) is 1.28. The monoisotopic (exact) mass is 452 g/mol. The average molecular weight is 452 g/mol. The van der Waals surface area contributed by atoms with Crippen LogP contribution in [0.5, 0.6) is 5.75 Å². The van der Waals surface area contributed by atoms with Gasteiger partial charge in [0, 0.05) is 18.5 Å². The van der Waals surface area contributed by atoms with Crippen LogP contribution < -0.4 is 9.64 Å². The van der Waals surface area contributed by atoms with E-state index >= 15 is 0 Å². The normalized spacial score (nSPS) is 19.0. The number of esters is 1. The SMILES string of the molecule is CC(=O)Oc1ccc(N2C(=O)CC(N(C(=O)c3ccc(F)cc3)C3CCCCC3)C2=O)cc1. The molecule has 2 aromatic carbocycles. The topological polar surface area (TPSA) is 84.0 Å². The van der Waals surface area contributed by atoms with Gasteiger partial charge in [-0.3, -0.25) is 19.2 Å². The molecule has 2 aromatic rings. The Morgan fingerprint density at radius 2 is 1.61 bits per heavy atom. The molecule has 1 saturated heterocycles. The molecule has 33 heavy (non-hydrogen) atoms. The minimum atomic E-state index is -0.925. The molecule has 1 saturated carbocycles. The number of carbonyl (C=O) groups excluding carboxylic acids is 4. The fraction of sp³-hybridized carbons (Fsp3) is 0.360. The number of benzene rings is 2. The summed E-state index contributed by atoms with van der Waals surface area (Å²) in [4.78, 5) is 53.5. The van der Waals surface area contributed by atoms with Crippen molar-refractivity contribution < 1.29 is 28.3 Å². The molecular formula is C25H25FN2O5. The molecule has 172 valence electrons. The second-order valence-electron chi connectivity index (χ2n) is 8.39. The first-order chi connectivity index (χ1) is 15.8. The van der Waals surface area contributed by atoms with Gasteiger partial charge in [0.1, 0.15) is 17.6 Å². The van der Waals surface area contributed by atoms with E-state index in [-0.39, 0.29) is 23.9 Å². The molecular weight excluding hydrogens is 427 g/mol. The fourth-order valence-corrected chi connectivity index (χ4v) is 4.60. The van der Waals surface area contributed by atoms with E-state index in [0.29, 0.717) is 11.4 Å². The molecule has 3 amide bonds. The van der Waals surface area contributed by atoms with E-state index in [2.05, 4.69) is 0 Å². The van der Waals surface area contributed by atoms with Crippen LogP contribution in [0.1, 0.15) is 55.8 Å². The first kappa shape index (κ1) is 22.6. The zero-order valence-corrected chi connectivity index (χ0v) is 18.3. The lowest BCUT2D eigenvalue weighted by molar-refractivity contribution is -0.132. The Kier molecular flexibility index (Phi) is 6.53. The average Bonchev–Trinajstić information content (AvgIpc) is 3.09. The summed E-state index contributed by atoms with van der Waals surface area (Å²) in [6.07, 6.45) is 4.33. The molecule has 2 fully saturated rings. The molecule has 2 aliphatic rings. The number of carbonyl (C=O) groups is 4. The molecule has 1 heterocycles. The van der Waals surface area contributed by atoms with Gasteiger partial charge in [-0.2, -0.15) is 0 Å². The van der Waals surface area contributed by atoms with Crippen molar-refractivity contribution in [2.24, 2.45) is 0 Å². The van der Waals surface area contributed by atoms with Crippen molar-refractivity contribution >= 4 is 29.4 Å². The van der Waals surface area contributed by atoms with Crippen molar-refractivity contribution in [3.8, 4) is 5.75 Å². The summed E-state index contributed by atoms with van der Waals surface area (Å²) in [5.41, 5.74) is 0.632. The molecule has 1 aliphatic heterocycles. The van der Waals surface area contributed by atoms with Gasteiger partial charge in [-0.05, 0) is 61.4 Å². The van der Waals surface area contributed by atoms with Crippen molar-refractivity contribution in [3.05, 3.63) is 59.9 Å². The van der Waals surface area contributed by atoms with Crippen LogP contribution >= 0.6 is 0 Å². The maximum atomic E-state index is 13.5. The summed E-state index contributed by atoms with van der Waals surface area (Å²) < 4.78 is 18.4. The minimum absolute atomic E-state index is 0.117. The van der Waals surface area contributed by atoms with Gasteiger partial charge in [0.25, 0.3) is 11.8 Å². The van der Waals surface area contributed by atoms with E-state index in [9.17, 15) is 23.6 Å². The highest BCUT2D eigenvalue weighted by molar-refractivity contribution is 6.23. The van der Waals surface area contributed by atoms with Crippen LogP contribution in [0.2, 0.25) is 0 Å². The van der Waals surface area contributed by atoms with Gasteiger partial charge in [-0.1, -0.05) is 19.3 Å². The summed E-state index contributed by atoms with van der Waals surface area (Å²) in [7, 11) is 0. The van der Waals surface area contributed by atoms with E-state index in [0.717, 1.165) is 37.0 Å². The molecule has 0 aromatic heterocycles. The first-order valence-electron chi connectivity index (χ1n) is 11.1. The predicted molar refractivity (Wildman–Crippen MR) is 118 cm³/mol. The molecule has 1 atom stereocenters. The van der Waals surface area contributed by atoms with Gasteiger partial charge < -0.3 is 9.64 Å². The number of anilines is 1. The fourth-order valence-electron chi connectivity index (χ4n) is 4.60. The standard InChI is InChI=1S/C25H25FN2O5/c1-16(29)33-21-13-11-20(12-14-21)28-23(30)15-22(25(28)32)27(19-5-3-2-4-6-19)24(31)17-7-9-18(26)10-8-17/h7-14,19,22H,2-6,15H2,1H3. The molecule has 0 N–H and O–H groups in total. The van der Waals surface area contributed by atoms with Gasteiger partial charge in [0.2, 0.25) is 5.91 Å². The lowest BCUT2D eigenvalue weighted by Crippen LogP contribution is -2.51. The third-order valence-corrected chi connectivity index (χ3v) is 6.11. The van der Waals surface area contributed by atoms with Crippen molar-refractivity contribution in [1.82, 2.24) is 4.90 Å². The number of amides is 3. The molecule has 1 aliphatic carbocycles. The van der Waals surface area contributed by atoms with Crippen molar-refractivity contribution in [2.45, 2.75) is 57.5 Å². The Bertz CT molecular complexity index is 1060. The number of nitrogens with zero attached hydrogens (tertiary/aromatic N) is 2. The van der Waals surface area contributed by atoms with E-state index < -0.39 is 29.6 Å². The molecule has 0 spiro atoms. The van der Waals surface area contributed by atoms with E-state index in [1.54, 1.807) is 4.90 Å². The van der Waals surface area contributed by atoms with Crippen LogP contribution in [0.25, 0.3) is 0 Å². The van der Waals surface area contributed by atoms with Gasteiger partial charge in [-0.25, -0.2) is 9.29 Å². The van der Waals surface area contributed by atoms with Crippen LogP contribution in [0, 0.1) is 5.82 Å². The largest absolute Gasteiger partial charge is 0.427 e. The highest BCUT2D eigenvalue weighted by Gasteiger charge is 2.46. The lowest BCUT2D eigenvalue weighted by atomic mass is 9.92. The molecule has 7 nitrogen and oxygen atoms in total. The van der Waals surface area contributed by atoms with Crippen molar-refractivity contribution in [1.29, 1.82) is 0 Å². The summed E-state index contributed by atoms with van der Waals surface area (Å²) in [6, 6.07) is 10.2. The molecule has 1 unspecified atom stereocenters. The summed E-state index contributed by atoms with van der Waals surface area (Å²) in [5.74, 6) is -1.87. The molecule has 4 rings (SSSR count). The number of rotatable bonds is 5. The highest BCUT2D eigenvalue weighted by Crippen LogP contribution is 2.32. The van der Waals surface area contributed by atoms with E-state index in [1.165, 1.54) is 55.5 Å². The highest BCUT2D eigenvalue weighted by atomic mass is 19.1. The van der Waals surface area contributed by atoms with E-state index in [4.69, 9.17) is 4.74 Å². The number of hydrogen-bond acceptors (Lipinski definition) is 5. The van der Waals surface area contributed by atoms with Gasteiger partial charge >= 0.3 is 5.97 Å². The summed E-state index contributed by atoms with van der Waals surface area (Å²) >= 11 is 0. The Hall–Kier alpha value is -3.55. The van der Waals surface area contributed by atoms with Crippen LogP contribution in [0.15, 0.2) is 48.5 Å². The Morgan fingerprint density at radius 3 is 2.21 bits per heavy atom. The number of ether oxygens (including phenoxy) is 1. The van der Waals surface area contributed by atoms with Crippen LogP contribution in [-0.4, -0.2) is 40.7 Å².